The number of aromatic nitrogens is 1. The lowest BCUT2D eigenvalue weighted by Crippen LogP contribution is -1.94. The molecule has 0 saturated heterocycles. The van der Waals surface area contributed by atoms with E-state index in [1.807, 2.05) is 26.0 Å². The molecule has 0 unspecified atom stereocenters. The third-order valence-electron chi connectivity index (χ3n) is 2.30. The van der Waals surface area contributed by atoms with Gasteiger partial charge in [-0.25, -0.2) is 0 Å². The van der Waals surface area contributed by atoms with Gasteiger partial charge < -0.3 is 10.5 Å². The van der Waals surface area contributed by atoms with Crippen LogP contribution in [-0.4, -0.2) is 4.98 Å². The Morgan fingerprint density at radius 2 is 1.76 bits per heavy atom. The van der Waals surface area contributed by atoms with Crippen LogP contribution >= 0.6 is 11.6 Å². The number of pyridine rings is 1. The summed E-state index contributed by atoms with van der Waals surface area (Å²) < 4.78 is 5.70. The van der Waals surface area contributed by atoms with Crippen LogP contribution < -0.4 is 10.5 Å². The number of rotatable bonds is 2. The number of halogens is 1. The van der Waals surface area contributed by atoms with Gasteiger partial charge in [-0.05, 0) is 37.1 Å². The van der Waals surface area contributed by atoms with Gasteiger partial charge in [0.1, 0.15) is 10.8 Å². The molecule has 2 rings (SSSR count). The first-order valence-corrected chi connectivity index (χ1v) is 5.59. The van der Waals surface area contributed by atoms with Crippen molar-refractivity contribution in [3.63, 3.8) is 0 Å². The molecular formula is C13H13ClN2O. The molecule has 0 aliphatic heterocycles. The van der Waals surface area contributed by atoms with Gasteiger partial charge >= 0.3 is 0 Å². The van der Waals surface area contributed by atoms with Gasteiger partial charge in [-0.2, -0.15) is 0 Å². The van der Waals surface area contributed by atoms with E-state index in [1.165, 1.54) is 12.4 Å². The topological polar surface area (TPSA) is 48.1 Å². The minimum absolute atomic E-state index is 0.407. The molecular weight excluding hydrogens is 236 g/mol. The van der Waals surface area contributed by atoms with Crippen molar-refractivity contribution in [3.8, 4) is 11.5 Å². The number of nitrogens with zero attached hydrogens (tertiary/aromatic N) is 1. The number of aryl methyl sites for hydroxylation is 2. The van der Waals surface area contributed by atoms with E-state index < -0.39 is 0 Å². The quantitative estimate of drug-likeness (QED) is 0.881. The Hall–Kier alpha value is -1.74. The zero-order valence-electron chi connectivity index (χ0n) is 9.70. The van der Waals surface area contributed by atoms with E-state index in [9.17, 15) is 0 Å². The predicted octanol–water partition coefficient (Wildman–Crippen LogP) is 3.73. The smallest absolute Gasteiger partial charge is 0.172 e. The average molecular weight is 249 g/mol. The number of hydrogen-bond donors (Lipinski definition) is 1. The van der Waals surface area contributed by atoms with Gasteiger partial charge in [0.2, 0.25) is 0 Å². The van der Waals surface area contributed by atoms with Crippen molar-refractivity contribution in [2.75, 3.05) is 5.73 Å². The third kappa shape index (κ3) is 2.68. The van der Waals surface area contributed by atoms with Gasteiger partial charge in [0, 0.05) is 6.20 Å². The molecule has 17 heavy (non-hydrogen) atoms. The second-order valence-corrected chi connectivity index (χ2v) is 4.37. The standard InChI is InChI=1S/C13H13ClN2O/c1-8-3-9(2)5-10(4-8)17-13-11(14)6-16-7-12(13)15/h3-7H,15H2,1-2H3. The lowest BCUT2D eigenvalue weighted by Gasteiger charge is -2.10. The maximum absolute atomic E-state index is 5.99. The largest absolute Gasteiger partial charge is 0.453 e. The Balaban J connectivity index is 2.38. The maximum Gasteiger partial charge on any atom is 0.172 e. The fourth-order valence-corrected chi connectivity index (χ4v) is 1.86. The van der Waals surface area contributed by atoms with E-state index in [0.29, 0.717) is 16.5 Å². The molecule has 0 aliphatic rings. The number of hydrogen-bond acceptors (Lipinski definition) is 3. The van der Waals surface area contributed by atoms with E-state index in [1.54, 1.807) is 0 Å². The molecule has 2 N–H and O–H groups in total. The van der Waals surface area contributed by atoms with Crippen LogP contribution in [0.1, 0.15) is 11.1 Å². The molecule has 0 aliphatic carbocycles. The van der Waals surface area contributed by atoms with Gasteiger partial charge in [-0.1, -0.05) is 17.7 Å². The van der Waals surface area contributed by atoms with E-state index in [4.69, 9.17) is 22.1 Å². The fourth-order valence-electron chi connectivity index (χ4n) is 1.66. The summed E-state index contributed by atoms with van der Waals surface area (Å²) in [6.45, 7) is 4.02. The van der Waals surface area contributed by atoms with E-state index in [2.05, 4.69) is 11.1 Å². The zero-order chi connectivity index (χ0) is 12.4. The zero-order valence-corrected chi connectivity index (χ0v) is 10.5. The number of nitrogen functional groups attached to an aromatic ring is 1. The summed E-state index contributed by atoms with van der Waals surface area (Å²) in [5.41, 5.74) is 8.46. The summed E-state index contributed by atoms with van der Waals surface area (Å²) in [7, 11) is 0. The second-order valence-electron chi connectivity index (χ2n) is 3.97. The first kappa shape index (κ1) is 11.7. The molecule has 4 heteroatoms. The van der Waals surface area contributed by atoms with Gasteiger partial charge in [-0.15, -0.1) is 0 Å². The average Bonchev–Trinajstić information content (AvgIpc) is 2.22. The van der Waals surface area contributed by atoms with Crippen LogP contribution in [0.15, 0.2) is 30.6 Å². The summed E-state index contributed by atoms with van der Waals surface area (Å²) in [4.78, 5) is 3.88. The molecule has 1 aromatic heterocycles. The maximum atomic E-state index is 5.99. The van der Waals surface area contributed by atoms with Gasteiger partial charge in [-0.3, -0.25) is 4.98 Å². The normalized spacial score (nSPS) is 10.3. The van der Waals surface area contributed by atoms with Crippen molar-refractivity contribution in [2.45, 2.75) is 13.8 Å². The number of benzene rings is 1. The molecule has 0 atom stereocenters. The van der Waals surface area contributed by atoms with Crippen LogP contribution in [0.5, 0.6) is 11.5 Å². The van der Waals surface area contributed by atoms with E-state index in [0.717, 1.165) is 16.9 Å². The Labute approximate surface area is 105 Å². The van der Waals surface area contributed by atoms with Crippen molar-refractivity contribution < 1.29 is 4.74 Å². The molecule has 1 aromatic carbocycles. The molecule has 0 amide bonds. The summed E-state index contributed by atoms with van der Waals surface area (Å²) in [5, 5.41) is 0.407. The van der Waals surface area contributed by atoms with Crippen molar-refractivity contribution in [1.29, 1.82) is 0 Å². The molecule has 0 saturated carbocycles. The van der Waals surface area contributed by atoms with Gasteiger partial charge in [0.15, 0.2) is 5.75 Å². The lowest BCUT2D eigenvalue weighted by atomic mass is 10.1. The van der Waals surface area contributed by atoms with Crippen LogP contribution in [0.3, 0.4) is 0 Å². The van der Waals surface area contributed by atoms with Crippen LogP contribution in [0.25, 0.3) is 0 Å². The molecule has 0 radical (unpaired) electrons. The Morgan fingerprint density at radius 3 is 2.35 bits per heavy atom. The molecule has 2 aromatic rings. The summed E-state index contributed by atoms with van der Waals surface area (Å²) in [6.07, 6.45) is 3.03. The minimum Gasteiger partial charge on any atom is -0.453 e. The van der Waals surface area contributed by atoms with Crippen LogP contribution in [0.2, 0.25) is 5.02 Å². The van der Waals surface area contributed by atoms with E-state index >= 15 is 0 Å². The molecule has 0 fully saturated rings. The van der Waals surface area contributed by atoms with Crippen molar-refractivity contribution >= 4 is 17.3 Å². The van der Waals surface area contributed by atoms with Crippen LogP contribution in [0.4, 0.5) is 5.69 Å². The Morgan fingerprint density at radius 1 is 1.12 bits per heavy atom. The Bertz CT molecular complexity index is 515. The number of nitrogens with two attached hydrogens (primary N) is 1. The third-order valence-corrected chi connectivity index (χ3v) is 2.56. The van der Waals surface area contributed by atoms with Crippen LogP contribution in [-0.2, 0) is 0 Å². The van der Waals surface area contributed by atoms with Crippen molar-refractivity contribution in [1.82, 2.24) is 4.98 Å². The summed E-state index contributed by atoms with van der Waals surface area (Å²) in [6, 6.07) is 5.94. The number of ether oxygens (including phenoxy) is 1. The second kappa shape index (κ2) is 4.63. The van der Waals surface area contributed by atoms with E-state index in [-0.39, 0.29) is 0 Å². The minimum atomic E-state index is 0.407. The highest BCUT2D eigenvalue weighted by Gasteiger charge is 2.08. The molecule has 88 valence electrons. The van der Waals surface area contributed by atoms with Gasteiger partial charge in [0.25, 0.3) is 0 Å². The first-order chi connectivity index (χ1) is 8.06. The first-order valence-electron chi connectivity index (χ1n) is 5.21. The number of anilines is 1. The molecule has 0 bridgehead atoms. The lowest BCUT2D eigenvalue weighted by molar-refractivity contribution is 0.484. The highest BCUT2D eigenvalue weighted by atomic mass is 35.5. The summed E-state index contributed by atoms with van der Waals surface area (Å²) in [5.74, 6) is 1.17. The van der Waals surface area contributed by atoms with Crippen molar-refractivity contribution in [2.24, 2.45) is 0 Å². The molecule has 3 nitrogen and oxygen atoms in total. The fraction of sp³-hybridized carbons (Fsp3) is 0.154. The molecule has 0 spiro atoms. The predicted molar refractivity (Wildman–Crippen MR) is 69.6 cm³/mol. The Kier molecular flexibility index (Phi) is 3.20. The molecule has 1 heterocycles. The van der Waals surface area contributed by atoms with Gasteiger partial charge in [0.05, 0.1) is 11.9 Å². The SMILES string of the molecule is Cc1cc(C)cc(Oc2c(N)cncc2Cl)c1. The van der Waals surface area contributed by atoms with Crippen molar-refractivity contribution in [3.05, 3.63) is 46.7 Å². The highest BCUT2D eigenvalue weighted by Crippen LogP contribution is 2.34. The highest BCUT2D eigenvalue weighted by molar-refractivity contribution is 6.32. The summed E-state index contributed by atoms with van der Waals surface area (Å²) >= 11 is 5.99. The van der Waals surface area contributed by atoms with Crippen LogP contribution in [0, 0.1) is 13.8 Å². The monoisotopic (exact) mass is 248 g/mol.